The molecule has 0 aliphatic rings. The summed E-state index contributed by atoms with van der Waals surface area (Å²) in [7, 11) is -3.48. The highest BCUT2D eigenvalue weighted by Crippen LogP contribution is 2.08. The van der Waals surface area contributed by atoms with E-state index >= 15 is 0 Å². The van der Waals surface area contributed by atoms with Gasteiger partial charge in [-0.05, 0) is 51.2 Å². The number of nitrogens with one attached hydrogen (secondary N) is 2. The molecular weight excluding hydrogens is 510 g/mol. The van der Waals surface area contributed by atoms with Crippen molar-refractivity contribution in [2.45, 2.75) is 83.5 Å². The predicted molar refractivity (Wildman–Crippen MR) is 144 cm³/mol. The number of nitrogens with zero attached hydrogens (tertiary/aromatic N) is 3. The first-order chi connectivity index (χ1) is 17.9. The van der Waals surface area contributed by atoms with Crippen LogP contribution in [0.4, 0.5) is 0 Å². The summed E-state index contributed by atoms with van der Waals surface area (Å²) >= 11 is 0. The lowest BCUT2D eigenvalue weighted by Gasteiger charge is -2.24. The van der Waals surface area contributed by atoms with E-state index in [1.54, 1.807) is 13.8 Å². The Bertz CT molecular complexity index is 1080. The minimum absolute atomic E-state index is 0.141. The van der Waals surface area contributed by atoms with Crippen molar-refractivity contribution >= 4 is 27.6 Å². The Labute approximate surface area is 226 Å². The van der Waals surface area contributed by atoms with Crippen LogP contribution in [-0.4, -0.2) is 84.1 Å². The number of sulfone groups is 1. The Morgan fingerprint density at radius 3 is 2.21 bits per heavy atom. The van der Waals surface area contributed by atoms with Crippen molar-refractivity contribution in [3.8, 4) is 11.8 Å². The van der Waals surface area contributed by atoms with Crippen LogP contribution in [0.15, 0.2) is 17.6 Å². The molecule has 0 aliphatic carbocycles. The van der Waals surface area contributed by atoms with Crippen molar-refractivity contribution in [1.29, 1.82) is 0 Å². The van der Waals surface area contributed by atoms with Gasteiger partial charge in [0.1, 0.15) is 12.1 Å². The monoisotopic (exact) mass is 551 g/mol. The molecule has 2 amide bonds. The lowest BCUT2D eigenvalue weighted by molar-refractivity contribution is -0.142. The van der Waals surface area contributed by atoms with Crippen molar-refractivity contribution in [2.24, 2.45) is 5.92 Å². The van der Waals surface area contributed by atoms with Crippen LogP contribution < -0.4 is 10.6 Å². The van der Waals surface area contributed by atoms with Gasteiger partial charge in [0.2, 0.25) is 26.8 Å². The van der Waals surface area contributed by atoms with Crippen LogP contribution in [0.3, 0.4) is 0 Å². The lowest BCUT2D eigenvalue weighted by atomic mass is 10.0. The molecule has 11 nitrogen and oxygen atoms in total. The van der Waals surface area contributed by atoms with Gasteiger partial charge in [-0.3, -0.25) is 9.59 Å². The maximum Gasteiger partial charge on any atom is 0.326 e. The number of aromatic nitrogens is 2. The van der Waals surface area contributed by atoms with E-state index in [1.165, 1.54) is 12.4 Å². The van der Waals surface area contributed by atoms with E-state index in [0.717, 1.165) is 32.3 Å². The average Bonchev–Trinajstić information content (AvgIpc) is 2.85. The lowest BCUT2D eigenvalue weighted by Crippen LogP contribution is -2.53. The highest BCUT2D eigenvalue weighted by atomic mass is 32.2. The van der Waals surface area contributed by atoms with Gasteiger partial charge in [0, 0.05) is 31.5 Å². The molecule has 0 aliphatic heterocycles. The topological polar surface area (TPSA) is 159 Å². The largest absolute Gasteiger partial charge is 0.480 e. The molecular formula is C26H41N5O6S. The van der Waals surface area contributed by atoms with Crippen LogP contribution in [0.25, 0.3) is 0 Å². The number of unbranched alkanes of at least 4 members (excludes halogenated alkanes) is 2. The zero-order valence-electron chi connectivity index (χ0n) is 23.0. The molecule has 1 heterocycles. The summed E-state index contributed by atoms with van der Waals surface area (Å²) in [6.45, 7) is 10.5. The van der Waals surface area contributed by atoms with E-state index in [2.05, 4.69) is 51.2 Å². The van der Waals surface area contributed by atoms with Crippen LogP contribution >= 0.6 is 0 Å². The summed E-state index contributed by atoms with van der Waals surface area (Å²) in [4.78, 5) is 46.7. The summed E-state index contributed by atoms with van der Waals surface area (Å²) < 4.78 is 22.8. The summed E-state index contributed by atoms with van der Waals surface area (Å²) in [6, 6.07) is -1.86. The highest BCUT2D eigenvalue weighted by Gasteiger charge is 2.28. The van der Waals surface area contributed by atoms with Gasteiger partial charge in [0.15, 0.2) is 0 Å². The number of aliphatic carboxylic acids is 1. The average molecular weight is 552 g/mol. The third kappa shape index (κ3) is 12.5. The molecule has 0 spiro atoms. The maximum absolute atomic E-state index is 12.8. The fourth-order valence-electron chi connectivity index (χ4n) is 3.60. The molecule has 2 atom stereocenters. The second-order valence-electron chi connectivity index (χ2n) is 9.39. The summed E-state index contributed by atoms with van der Waals surface area (Å²) in [6.07, 6.45) is 6.48. The predicted octanol–water partition coefficient (Wildman–Crippen LogP) is 1.62. The summed E-state index contributed by atoms with van der Waals surface area (Å²) in [5, 5.41) is 14.6. The Hall–Kier alpha value is -3.04. The standard InChI is InChI=1S/C26H41N5O6S/c1-6-31(7-2)16-12-11-14-21(25(34)35)29-24(33)23(19(3)4)30-22(32)15-10-8-9-13-20-17-27-26(28-18-20)38(5,36)37/h17-19,21,23H,6-8,10-12,14-16H2,1-5H3,(H,29,33)(H,30,32)(H,34,35)/t21-,23-/m0/s1. The molecule has 212 valence electrons. The molecule has 0 aromatic carbocycles. The zero-order valence-corrected chi connectivity index (χ0v) is 23.8. The second kappa shape index (κ2) is 16.7. The van der Waals surface area contributed by atoms with Crippen LogP contribution in [0, 0.1) is 17.8 Å². The number of rotatable bonds is 16. The molecule has 0 bridgehead atoms. The van der Waals surface area contributed by atoms with E-state index in [-0.39, 0.29) is 23.4 Å². The second-order valence-corrected chi connectivity index (χ2v) is 11.3. The van der Waals surface area contributed by atoms with Gasteiger partial charge in [0.25, 0.3) is 0 Å². The Balaban J connectivity index is 2.54. The van der Waals surface area contributed by atoms with Gasteiger partial charge in [-0.15, -0.1) is 0 Å². The summed E-state index contributed by atoms with van der Waals surface area (Å²) in [5.74, 6) is 3.54. The third-order valence-electron chi connectivity index (χ3n) is 5.89. The van der Waals surface area contributed by atoms with Gasteiger partial charge < -0.3 is 20.6 Å². The van der Waals surface area contributed by atoms with Crippen molar-refractivity contribution in [3.05, 3.63) is 18.0 Å². The number of amides is 2. The van der Waals surface area contributed by atoms with Crippen LogP contribution in [-0.2, 0) is 24.2 Å². The van der Waals surface area contributed by atoms with Crippen molar-refractivity contribution in [2.75, 3.05) is 25.9 Å². The molecule has 38 heavy (non-hydrogen) atoms. The van der Waals surface area contributed by atoms with E-state index in [1.807, 2.05) is 0 Å². The molecule has 0 saturated heterocycles. The molecule has 1 aromatic heterocycles. The number of carboxylic acids is 1. The van der Waals surface area contributed by atoms with Crippen molar-refractivity contribution in [3.63, 3.8) is 0 Å². The van der Waals surface area contributed by atoms with Crippen LogP contribution in [0.5, 0.6) is 0 Å². The highest BCUT2D eigenvalue weighted by molar-refractivity contribution is 7.90. The van der Waals surface area contributed by atoms with E-state index in [4.69, 9.17) is 0 Å². The Morgan fingerprint density at radius 2 is 1.68 bits per heavy atom. The molecule has 12 heteroatoms. The minimum Gasteiger partial charge on any atom is -0.480 e. The van der Waals surface area contributed by atoms with Gasteiger partial charge in [-0.2, -0.15) is 0 Å². The third-order valence-corrected chi connectivity index (χ3v) is 6.76. The van der Waals surface area contributed by atoms with E-state index in [0.29, 0.717) is 31.2 Å². The smallest absolute Gasteiger partial charge is 0.326 e. The maximum atomic E-state index is 12.8. The zero-order chi connectivity index (χ0) is 28.7. The van der Waals surface area contributed by atoms with Gasteiger partial charge in [-0.25, -0.2) is 23.2 Å². The SMILES string of the molecule is CCN(CC)CCCC[C@H](NC(=O)[C@@H](NC(=O)CCCC#Cc1cnc(S(C)(=O)=O)nc1)C(C)C)C(=O)O. The van der Waals surface area contributed by atoms with Crippen molar-refractivity contribution in [1.82, 2.24) is 25.5 Å². The minimum atomic E-state index is -3.48. The molecule has 0 unspecified atom stereocenters. The summed E-state index contributed by atoms with van der Waals surface area (Å²) in [5.41, 5.74) is 0.458. The van der Waals surface area contributed by atoms with Gasteiger partial charge in [-0.1, -0.05) is 39.5 Å². The van der Waals surface area contributed by atoms with Gasteiger partial charge in [0.05, 0.1) is 5.56 Å². The number of carbonyl (C=O) groups excluding carboxylic acids is 2. The number of hydrogen-bond acceptors (Lipinski definition) is 8. The molecule has 0 fully saturated rings. The quantitative estimate of drug-likeness (QED) is 0.158. The van der Waals surface area contributed by atoms with Crippen molar-refractivity contribution < 1.29 is 27.9 Å². The first-order valence-electron chi connectivity index (χ1n) is 12.9. The first-order valence-corrected chi connectivity index (χ1v) is 14.8. The molecule has 1 aromatic rings. The fourth-order valence-corrected chi connectivity index (χ4v) is 4.09. The first kappa shape index (κ1) is 33.0. The van der Waals surface area contributed by atoms with E-state index < -0.39 is 33.8 Å². The number of carbonyl (C=O) groups is 3. The number of carboxylic acid groups (broad SMARTS) is 1. The fraction of sp³-hybridized carbons (Fsp3) is 0.654. The molecule has 0 saturated carbocycles. The normalized spacial score (nSPS) is 12.9. The number of hydrogen-bond donors (Lipinski definition) is 3. The molecule has 3 N–H and O–H groups in total. The Morgan fingerprint density at radius 1 is 1.05 bits per heavy atom. The van der Waals surface area contributed by atoms with Gasteiger partial charge >= 0.3 is 5.97 Å². The van der Waals surface area contributed by atoms with E-state index in [9.17, 15) is 27.9 Å². The van der Waals surface area contributed by atoms with Crippen LogP contribution in [0.1, 0.15) is 71.8 Å². The Kier molecular flexibility index (Phi) is 14.5. The molecule has 1 rings (SSSR count). The van der Waals surface area contributed by atoms with Crippen LogP contribution in [0.2, 0.25) is 0 Å². The molecule has 0 radical (unpaired) electrons.